The number of halogens is 1. The minimum absolute atomic E-state index is 0.0963. The highest BCUT2D eigenvalue weighted by molar-refractivity contribution is 6.31. The Morgan fingerprint density at radius 3 is 2.60 bits per heavy atom. The summed E-state index contributed by atoms with van der Waals surface area (Å²) in [5.74, 6) is 0.878. The second-order valence-corrected chi connectivity index (χ2v) is 6.28. The van der Waals surface area contributed by atoms with Crippen LogP contribution in [0.2, 0.25) is 5.02 Å². The van der Waals surface area contributed by atoms with Crippen molar-refractivity contribution in [3.8, 4) is 0 Å². The van der Waals surface area contributed by atoms with E-state index in [-0.39, 0.29) is 17.9 Å². The summed E-state index contributed by atoms with van der Waals surface area (Å²) in [5, 5.41) is 3.82. The molecular formula is C16H23ClN2O. The van der Waals surface area contributed by atoms with Gasteiger partial charge in [-0.3, -0.25) is 4.79 Å². The molecule has 0 spiro atoms. The summed E-state index contributed by atoms with van der Waals surface area (Å²) in [5.41, 5.74) is 1.05. The molecule has 3 nitrogen and oxygen atoms in total. The third-order valence-electron chi connectivity index (χ3n) is 4.10. The molecule has 1 amide bonds. The number of likely N-dealkylation sites (N-methyl/N-ethyl adjacent to an activating group) is 1. The van der Waals surface area contributed by atoms with Crippen LogP contribution in [0.1, 0.15) is 31.4 Å². The molecule has 1 fully saturated rings. The average Bonchev–Trinajstić information content (AvgIpc) is 3.23. The van der Waals surface area contributed by atoms with Gasteiger partial charge in [-0.1, -0.05) is 36.7 Å². The van der Waals surface area contributed by atoms with Crippen LogP contribution in [0.25, 0.3) is 0 Å². The molecule has 0 aromatic heterocycles. The lowest BCUT2D eigenvalue weighted by molar-refractivity contribution is -0.125. The molecule has 1 aliphatic rings. The van der Waals surface area contributed by atoms with Crippen LogP contribution < -0.4 is 5.32 Å². The maximum absolute atomic E-state index is 12.1. The maximum atomic E-state index is 12.1. The van der Waals surface area contributed by atoms with Crippen molar-refractivity contribution in [1.82, 2.24) is 10.2 Å². The SMILES string of the molecule is CC(C(=O)NCC(c1ccccc1Cl)N(C)C)C1CC1. The summed E-state index contributed by atoms with van der Waals surface area (Å²) in [7, 11) is 4.01. The van der Waals surface area contributed by atoms with Crippen molar-refractivity contribution in [1.29, 1.82) is 0 Å². The second-order valence-electron chi connectivity index (χ2n) is 5.87. The van der Waals surface area contributed by atoms with E-state index < -0.39 is 0 Å². The Kier molecular flexibility index (Phi) is 5.06. The van der Waals surface area contributed by atoms with Crippen molar-refractivity contribution in [2.75, 3.05) is 20.6 Å². The van der Waals surface area contributed by atoms with Crippen molar-refractivity contribution >= 4 is 17.5 Å². The zero-order chi connectivity index (χ0) is 14.7. The van der Waals surface area contributed by atoms with E-state index in [4.69, 9.17) is 11.6 Å². The summed E-state index contributed by atoms with van der Waals surface area (Å²) in [6, 6.07) is 7.91. The zero-order valence-electron chi connectivity index (χ0n) is 12.4. The highest BCUT2D eigenvalue weighted by Gasteiger charge is 2.32. The molecule has 0 aliphatic heterocycles. The van der Waals surface area contributed by atoms with Crippen molar-refractivity contribution in [3.05, 3.63) is 34.9 Å². The van der Waals surface area contributed by atoms with Crippen LogP contribution in [0.5, 0.6) is 0 Å². The van der Waals surface area contributed by atoms with Gasteiger partial charge in [-0.25, -0.2) is 0 Å². The monoisotopic (exact) mass is 294 g/mol. The highest BCUT2D eigenvalue weighted by atomic mass is 35.5. The van der Waals surface area contributed by atoms with E-state index >= 15 is 0 Å². The Balaban J connectivity index is 1.99. The number of hydrogen-bond donors (Lipinski definition) is 1. The number of carbonyl (C=O) groups excluding carboxylic acids is 1. The number of hydrogen-bond acceptors (Lipinski definition) is 2. The number of benzene rings is 1. The van der Waals surface area contributed by atoms with Gasteiger partial charge in [-0.2, -0.15) is 0 Å². The fourth-order valence-corrected chi connectivity index (χ4v) is 2.75. The molecule has 1 aromatic carbocycles. The van der Waals surface area contributed by atoms with E-state index in [1.807, 2.05) is 45.3 Å². The smallest absolute Gasteiger partial charge is 0.223 e. The number of nitrogens with zero attached hydrogens (tertiary/aromatic N) is 1. The van der Waals surface area contributed by atoms with Crippen molar-refractivity contribution in [2.45, 2.75) is 25.8 Å². The lowest BCUT2D eigenvalue weighted by Gasteiger charge is -2.26. The minimum Gasteiger partial charge on any atom is -0.354 e. The van der Waals surface area contributed by atoms with E-state index in [1.54, 1.807) is 0 Å². The van der Waals surface area contributed by atoms with E-state index in [2.05, 4.69) is 10.2 Å². The van der Waals surface area contributed by atoms with Crippen LogP contribution in [-0.4, -0.2) is 31.4 Å². The zero-order valence-corrected chi connectivity index (χ0v) is 13.2. The molecule has 2 rings (SSSR count). The predicted molar refractivity (Wildman–Crippen MR) is 82.8 cm³/mol. The van der Waals surface area contributed by atoms with Crippen LogP contribution in [0.15, 0.2) is 24.3 Å². The van der Waals surface area contributed by atoms with Crippen molar-refractivity contribution in [3.63, 3.8) is 0 Å². The first-order valence-electron chi connectivity index (χ1n) is 7.19. The third kappa shape index (κ3) is 3.74. The highest BCUT2D eigenvalue weighted by Crippen LogP contribution is 2.36. The van der Waals surface area contributed by atoms with Gasteiger partial charge in [0.25, 0.3) is 0 Å². The van der Waals surface area contributed by atoms with Crippen LogP contribution in [-0.2, 0) is 4.79 Å². The lowest BCUT2D eigenvalue weighted by atomic mass is 10.0. The van der Waals surface area contributed by atoms with Gasteiger partial charge in [0.15, 0.2) is 0 Å². The van der Waals surface area contributed by atoms with E-state index in [1.165, 1.54) is 12.8 Å². The summed E-state index contributed by atoms with van der Waals surface area (Å²) < 4.78 is 0. The van der Waals surface area contributed by atoms with Gasteiger partial charge in [0.2, 0.25) is 5.91 Å². The first kappa shape index (κ1) is 15.3. The number of amides is 1. The Labute approximate surface area is 126 Å². The first-order chi connectivity index (χ1) is 9.50. The lowest BCUT2D eigenvalue weighted by Crippen LogP contribution is -2.37. The van der Waals surface area contributed by atoms with Crippen LogP contribution in [0, 0.1) is 11.8 Å². The molecule has 0 radical (unpaired) electrons. The topological polar surface area (TPSA) is 32.3 Å². The van der Waals surface area contributed by atoms with Crippen molar-refractivity contribution < 1.29 is 4.79 Å². The maximum Gasteiger partial charge on any atom is 0.223 e. The molecule has 1 aromatic rings. The molecule has 4 heteroatoms. The molecular weight excluding hydrogens is 272 g/mol. The van der Waals surface area contributed by atoms with Gasteiger partial charge in [0.05, 0.1) is 6.04 Å². The molecule has 1 N–H and O–H groups in total. The van der Waals surface area contributed by atoms with Gasteiger partial charge in [-0.15, -0.1) is 0 Å². The molecule has 2 atom stereocenters. The van der Waals surface area contributed by atoms with Crippen molar-refractivity contribution in [2.24, 2.45) is 11.8 Å². The summed E-state index contributed by atoms with van der Waals surface area (Å²) in [6.45, 7) is 2.61. The van der Waals surface area contributed by atoms with Gasteiger partial charge >= 0.3 is 0 Å². The Morgan fingerprint density at radius 1 is 1.40 bits per heavy atom. The van der Waals surface area contributed by atoms with Gasteiger partial charge < -0.3 is 10.2 Å². The second kappa shape index (κ2) is 6.59. The molecule has 1 aliphatic carbocycles. The summed E-state index contributed by atoms with van der Waals surface area (Å²) >= 11 is 6.26. The number of nitrogens with one attached hydrogen (secondary N) is 1. The Morgan fingerprint density at radius 2 is 2.05 bits per heavy atom. The van der Waals surface area contributed by atoms with Gasteiger partial charge in [0.1, 0.15) is 0 Å². The molecule has 0 heterocycles. The van der Waals surface area contributed by atoms with E-state index in [0.29, 0.717) is 12.5 Å². The van der Waals surface area contributed by atoms with Crippen LogP contribution >= 0.6 is 11.6 Å². The first-order valence-corrected chi connectivity index (χ1v) is 7.57. The summed E-state index contributed by atoms with van der Waals surface area (Å²) in [6.07, 6.45) is 2.38. The average molecular weight is 295 g/mol. The Hall–Kier alpha value is -1.06. The predicted octanol–water partition coefficient (Wildman–Crippen LogP) is 3.11. The Bertz CT molecular complexity index is 471. The quantitative estimate of drug-likeness (QED) is 0.874. The minimum atomic E-state index is 0.0963. The number of rotatable bonds is 6. The standard InChI is InChI=1S/C16H23ClN2O/c1-11(12-8-9-12)16(20)18-10-15(19(2)3)13-6-4-5-7-14(13)17/h4-7,11-12,15H,8-10H2,1-3H3,(H,18,20). The third-order valence-corrected chi connectivity index (χ3v) is 4.44. The molecule has 2 unspecified atom stereocenters. The molecule has 0 bridgehead atoms. The molecule has 20 heavy (non-hydrogen) atoms. The van der Waals surface area contributed by atoms with Crippen LogP contribution in [0.3, 0.4) is 0 Å². The largest absolute Gasteiger partial charge is 0.354 e. The van der Waals surface area contributed by atoms with E-state index in [0.717, 1.165) is 10.6 Å². The molecule has 0 saturated heterocycles. The molecule has 110 valence electrons. The van der Waals surface area contributed by atoms with Gasteiger partial charge in [-0.05, 0) is 44.5 Å². The fourth-order valence-electron chi connectivity index (χ4n) is 2.48. The van der Waals surface area contributed by atoms with Gasteiger partial charge in [0, 0.05) is 17.5 Å². The molecule has 1 saturated carbocycles. The number of carbonyl (C=O) groups is 1. The fraction of sp³-hybridized carbons (Fsp3) is 0.562. The summed E-state index contributed by atoms with van der Waals surface area (Å²) in [4.78, 5) is 14.2. The van der Waals surface area contributed by atoms with E-state index in [9.17, 15) is 4.79 Å². The van der Waals surface area contributed by atoms with Crippen LogP contribution in [0.4, 0.5) is 0 Å². The normalized spacial score (nSPS) is 17.9.